The van der Waals surface area contributed by atoms with Crippen molar-refractivity contribution in [1.82, 2.24) is 0 Å². The summed E-state index contributed by atoms with van der Waals surface area (Å²) in [6.45, 7) is 0. The number of thioether (sulfide) groups is 1. The molecule has 104 valence electrons. The lowest BCUT2D eigenvalue weighted by Crippen LogP contribution is -2.16. The second kappa shape index (κ2) is 6.78. The van der Waals surface area contributed by atoms with Gasteiger partial charge in [0, 0.05) is 5.02 Å². The van der Waals surface area contributed by atoms with E-state index in [1.54, 1.807) is 11.3 Å². The Morgan fingerprint density at radius 2 is 2.15 bits per heavy atom. The van der Waals surface area contributed by atoms with Crippen LogP contribution < -0.4 is 5.32 Å². The molecule has 1 aromatic carbocycles. The second-order valence-corrected chi connectivity index (χ2v) is 6.42. The third-order valence-corrected chi connectivity index (χ3v) is 4.69. The fraction of sp³-hybridized carbons (Fsp3) is 0.0769. The molecule has 0 aliphatic carbocycles. The Morgan fingerprint density at radius 1 is 1.35 bits per heavy atom. The minimum absolute atomic E-state index is 0.0213. The van der Waals surface area contributed by atoms with Crippen molar-refractivity contribution in [3.05, 3.63) is 46.3 Å². The Labute approximate surface area is 128 Å². The zero-order valence-electron chi connectivity index (χ0n) is 10.1. The maximum atomic E-state index is 11.8. The van der Waals surface area contributed by atoms with E-state index in [1.165, 1.54) is 30.0 Å². The van der Waals surface area contributed by atoms with Crippen LogP contribution in [0.25, 0.3) is 0 Å². The first-order valence-electron chi connectivity index (χ1n) is 5.55. The van der Waals surface area contributed by atoms with Crippen LogP contribution in [0, 0.1) is 0 Å². The molecular formula is C13H10ClNO3S2. The molecule has 0 atom stereocenters. The molecule has 0 fully saturated rings. The minimum Gasteiger partial charge on any atom is -0.478 e. The molecule has 20 heavy (non-hydrogen) atoms. The van der Waals surface area contributed by atoms with Gasteiger partial charge in [0.25, 0.3) is 0 Å². The molecular weight excluding hydrogens is 318 g/mol. The van der Waals surface area contributed by atoms with E-state index in [0.717, 1.165) is 4.21 Å². The molecule has 2 rings (SSSR count). The van der Waals surface area contributed by atoms with E-state index in [1.807, 2.05) is 17.5 Å². The van der Waals surface area contributed by atoms with Gasteiger partial charge in [-0.25, -0.2) is 4.79 Å². The average molecular weight is 328 g/mol. The third kappa shape index (κ3) is 4.00. The lowest BCUT2D eigenvalue weighted by atomic mass is 10.2. The summed E-state index contributed by atoms with van der Waals surface area (Å²) in [6, 6.07) is 8.17. The highest BCUT2D eigenvalue weighted by Crippen LogP contribution is 2.24. The van der Waals surface area contributed by atoms with Crippen LogP contribution in [0.3, 0.4) is 0 Å². The Balaban J connectivity index is 2.02. The van der Waals surface area contributed by atoms with Gasteiger partial charge in [-0.1, -0.05) is 17.7 Å². The number of anilines is 1. The van der Waals surface area contributed by atoms with Crippen molar-refractivity contribution < 1.29 is 14.7 Å². The predicted octanol–water partition coefficient (Wildman–Crippen LogP) is 3.83. The van der Waals surface area contributed by atoms with Gasteiger partial charge in [-0.15, -0.1) is 23.1 Å². The molecule has 0 spiro atoms. The topological polar surface area (TPSA) is 66.4 Å². The SMILES string of the molecule is O=C(CSc1cccs1)Nc1ccc(Cl)cc1C(=O)O. The van der Waals surface area contributed by atoms with Crippen LogP contribution in [-0.4, -0.2) is 22.7 Å². The van der Waals surface area contributed by atoms with Gasteiger partial charge in [-0.05, 0) is 29.6 Å². The van der Waals surface area contributed by atoms with Crippen LogP contribution in [0.2, 0.25) is 5.02 Å². The summed E-state index contributed by atoms with van der Waals surface area (Å²) in [5.74, 6) is -1.16. The van der Waals surface area contributed by atoms with E-state index >= 15 is 0 Å². The van der Waals surface area contributed by atoms with Gasteiger partial charge in [0.05, 0.1) is 21.2 Å². The van der Waals surface area contributed by atoms with Crippen LogP contribution in [0.4, 0.5) is 5.69 Å². The van der Waals surface area contributed by atoms with Gasteiger partial charge < -0.3 is 10.4 Å². The van der Waals surface area contributed by atoms with E-state index in [-0.39, 0.29) is 22.9 Å². The lowest BCUT2D eigenvalue weighted by Gasteiger charge is -2.08. The van der Waals surface area contributed by atoms with Gasteiger partial charge in [0.15, 0.2) is 0 Å². The third-order valence-electron chi connectivity index (χ3n) is 2.33. The average Bonchev–Trinajstić information content (AvgIpc) is 2.91. The van der Waals surface area contributed by atoms with Gasteiger partial charge in [0.1, 0.15) is 0 Å². The number of carbonyl (C=O) groups excluding carboxylic acids is 1. The Hall–Kier alpha value is -1.50. The van der Waals surface area contributed by atoms with Crippen molar-refractivity contribution in [3.8, 4) is 0 Å². The maximum Gasteiger partial charge on any atom is 0.337 e. The molecule has 0 aliphatic heterocycles. The largest absolute Gasteiger partial charge is 0.478 e. The number of thiophene rings is 1. The highest BCUT2D eigenvalue weighted by atomic mass is 35.5. The molecule has 0 unspecified atom stereocenters. The van der Waals surface area contributed by atoms with Crippen molar-refractivity contribution in [1.29, 1.82) is 0 Å². The van der Waals surface area contributed by atoms with Crippen LogP contribution in [0.15, 0.2) is 39.9 Å². The van der Waals surface area contributed by atoms with E-state index in [9.17, 15) is 9.59 Å². The number of aromatic carboxylic acids is 1. The molecule has 0 saturated carbocycles. The first kappa shape index (κ1) is 14.9. The minimum atomic E-state index is -1.13. The summed E-state index contributed by atoms with van der Waals surface area (Å²) >= 11 is 8.70. The van der Waals surface area contributed by atoms with E-state index in [4.69, 9.17) is 16.7 Å². The second-order valence-electron chi connectivity index (χ2n) is 3.76. The molecule has 0 radical (unpaired) electrons. The molecule has 0 bridgehead atoms. The normalized spacial score (nSPS) is 10.2. The number of carbonyl (C=O) groups is 2. The van der Waals surface area contributed by atoms with Crippen molar-refractivity contribution in [2.45, 2.75) is 4.21 Å². The standard InChI is InChI=1S/C13H10ClNO3S2/c14-8-3-4-10(9(6-8)13(17)18)15-11(16)7-20-12-2-1-5-19-12/h1-6H,7H2,(H,15,16)(H,17,18). The van der Waals surface area contributed by atoms with Gasteiger partial charge in [-0.2, -0.15) is 0 Å². The smallest absolute Gasteiger partial charge is 0.337 e. The van der Waals surface area contributed by atoms with E-state index in [0.29, 0.717) is 5.02 Å². The molecule has 4 nitrogen and oxygen atoms in total. The van der Waals surface area contributed by atoms with Crippen LogP contribution >= 0.6 is 34.7 Å². The van der Waals surface area contributed by atoms with Crippen molar-refractivity contribution in [2.24, 2.45) is 0 Å². The molecule has 1 aromatic heterocycles. The summed E-state index contributed by atoms with van der Waals surface area (Å²) in [7, 11) is 0. The number of rotatable bonds is 5. The number of benzene rings is 1. The van der Waals surface area contributed by atoms with Crippen molar-refractivity contribution in [2.75, 3.05) is 11.1 Å². The number of nitrogens with one attached hydrogen (secondary N) is 1. The molecule has 7 heteroatoms. The summed E-state index contributed by atoms with van der Waals surface area (Å²) in [5.41, 5.74) is 0.227. The highest BCUT2D eigenvalue weighted by Gasteiger charge is 2.13. The van der Waals surface area contributed by atoms with Crippen LogP contribution in [0.5, 0.6) is 0 Å². The number of hydrogen-bond acceptors (Lipinski definition) is 4. The number of hydrogen-bond donors (Lipinski definition) is 2. The van der Waals surface area contributed by atoms with Crippen molar-refractivity contribution in [3.63, 3.8) is 0 Å². The zero-order valence-corrected chi connectivity index (χ0v) is 12.5. The van der Waals surface area contributed by atoms with Gasteiger partial charge in [0.2, 0.25) is 5.91 Å². The molecule has 2 N–H and O–H groups in total. The Bertz CT molecular complexity index is 629. The Morgan fingerprint density at radius 3 is 2.80 bits per heavy atom. The molecule has 0 saturated heterocycles. The summed E-state index contributed by atoms with van der Waals surface area (Å²) in [4.78, 5) is 22.9. The van der Waals surface area contributed by atoms with Crippen LogP contribution in [0.1, 0.15) is 10.4 Å². The fourth-order valence-corrected chi connectivity index (χ4v) is 3.23. The summed E-state index contributed by atoms with van der Waals surface area (Å²) < 4.78 is 1.04. The molecule has 1 amide bonds. The maximum absolute atomic E-state index is 11.8. The zero-order chi connectivity index (χ0) is 14.5. The lowest BCUT2D eigenvalue weighted by molar-refractivity contribution is -0.113. The number of amides is 1. The fourth-order valence-electron chi connectivity index (χ4n) is 1.47. The van der Waals surface area contributed by atoms with Crippen molar-refractivity contribution >= 4 is 52.3 Å². The summed E-state index contributed by atoms with van der Waals surface area (Å²) in [6.07, 6.45) is 0. The van der Waals surface area contributed by atoms with Gasteiger partial charge >= 0.3 is 5.97 Å². The Kier molecular flexibility index (Phi) is 5.05. The number of carboxylic acids is 1. The predicted molar refractivity (Wildman–Crippen MR) is 82.1 cm³/mol. The van der Waals surface area contributed by atoms with E-state index < -0.39 is 5.97 Å². The highest BCUT2D eigenvalue weighted by molar-refractivity contribution is 8.01. The van der Waals surface area contributed by atoms with E-state index in [2.05, 4.69) is 5.32 Å². The quantitative estimate of drug-likeness (QED) is 0.819. The first-order valence-corrected chi connectivity index (χ1v) is 7.79. The first-order chi connectivity index (χ1) is 9.56. The molecule has 2 aromatic rings. The van der Waals surface area contributed by atoms with Gasteiger partial charge in [-0.3, -0.25) is 4.79 Å². The summed E-state index contributed by atoms with van der Waals surface area (Å²) in [5, 5.41) is 13.9. The van der Waals surface area contributed by atoms with Crippen LogP contribution in [-0.2, 0) is 4.79 Å². The molecule has 1 heterocycles. The number of halogens is 1. The number of carboxylic acid groups (broad SMARTS) is 1. The molecule has 0 aliphatic rings. The monoisotopic (exact) mass is 327 g/mol.